The predicted octanol–water partition coefficient (Wildman–Crippen LogP) is 2.20. The molecular weight excluding hydrogens is 242 g/mol. The topological polar surface area (TPSA) is 49.8 Å². The van der Waals surface area contributed by atoms with Crippen molar-refractivity contribution < 1.29 is 14.6 Å². The van der Waals surface area contributed by atoms with E-state index in [4.69, 9.17) is 4.74 Å². The molecule has 0 saturated carbocycles. The molecule has 0 aromatic heterocycles. The smallest absolute Gasteiger partial charge is 0.257 e. The van der Waals surface area contributed by atoms with Gasteiger partial charge in [-0.3, -0.25) is 4.79 Å². The van der Waals surface area contributed by atoms with Crippen LogP contribution in [0.25, 0.3) is 0 Å². The second-order valence-electron chi connectivity index (χ2n) is 5.26. The van der Waals surface area contributed by atoms with Crippen LogP contribution in [0.15, 0.2) is 18.2 Å². The number of nitrogens with zero attached hydrogens (tertiary/aromatic N) is 1. The van der Waals surface area contributed by atoms with Crippen LogP contribution in [-0.2, 0) is 4.74 Å². The van der Waals surface area contributed by atoms with Gasteiger partial charge < -0.3 is 14.7 Å². The van der Waals surface area contributed by atoms with E-state index in [1.807, 2.05) is 13.0 Å². The van der Waals surface area contributed by atoms with Gasteiger partial charge in [-0.2, -0.15) is 0 Å². The fraction of sp³-hybridized carbons (Fsp3) is 0.533. The molecule has 2 rings (SSSR count). The van der Waals surface area contributed by atoms with E-state index in [9.17, 15) is 9.90 Å². The summed E-state index contributed by atoms with van der Waals surface area (Å²) in [7, 11) is 1.79. The van der Waals surface area contributed by atoms with Gasteiger partial charge in [-0.1, -0.05) is 6.07 Å². The Morgan fingerprint density at radius 1 is 1.42 bits per heavy atom. The molecule has 104 valence electrons. The van der Waals surface area contributed by atoms with Crippen molar-refractivity contribution in [1.29, 1.82) is 0 Å². The first-order valence-corrected chi connectivity index (χ1v) is 6.70. The molecular formula is C15H21NO3. The molecule has 1 aromatic carbocycles. The molecule has 1 aliphatic rings. The van der Waals surface area contributed by atoms with Crippen molar-refractivity contribution in [3.05, 3.63) is 29.3 Å². The zero-order valence-corrected chi connectivity index (χ0v) is 11.6. The summed E-state index contributed by atoms with van der Waals surface area (Å²) in [6.45, 7) is 4.17. The zero-order chi connectivity index (χ0) is 13.8. The third-order valence-electron chi connectivity index (χ3n) is 3.60. The molecule has 1 N–H and O–H groups in total. The molecule has 0 spiro atoms. The van der Waals surface area contributed by atoms with Gasteiger partial charge in [0, 0.05) is 26.8 Å². The number of hydrogen-bond acceptors (Lipinski definition) is 3. The minimum atomic E-state index is -0.121. The quantitative estimate of drug-likeness (QED) is 0.909. The van der Waals surface area contributed by atoms with E-state index in [1.54, 1.807) is 24.1 Å². The lowest BCUT2D eigenvalue weighted by Gasteiger charge is -2.27. The summed E-state index contributed by atoms with van der Waals surface area (Å²) in [5, 5.41) is 9.85. The van der Waals surface area contributed by atoms with Crippen LogP contribution in [0.1, 0.15) is 28.8 Å². The fourth-order valence-electron chi connectivity index (χ4n) is 2.43. The van der Waals surface area contributed by atoms with E-state index in [2.05, 4.69) is 0 Å². The van der Waals surface area contributed by atoms with Gasteiger partial charge in [0.25, 0.3) is 5.91 Å². The van der Waals surface area contributed by atoms with Gasteiger partial charge in [0.1, 0.15) is 5.75 Å². The Kier molecular flexibility index (Phi) is 4.43. The lowest BCUT2D eigenvalue weighted by Crippen LogP contribution is -2.34. The molecule has 1 heterocycles. The number of carbonyl (C=O) groups is 1. The van der Waals surface area contributed by atoms with Gasteiger partial charge >= 0.3 is 0 Å². The Morgan fingerprint density at radius 2 is 2.11 bits per heavy atom. The minimum absolute atomic E-state index is 0.0591. The highest BCUT2D eigenvalue weighted by Gasteiger charge is 2.21. The van der Waals surface area contributed by atoms with Gasteiger partial charge in [-0.05, 0) is 43.4 Å². The number of carbonyl (C=O) groups excluding carboxylic acids is 1. The standard InChI is InChI=1S/C15H21NO3/c1-11-3-4-13(14(17)9-11)15(18)16(2)10-12-5-7-19-8-6-12/h3-4,9,12,17H,5-8,10H2,1-2H3. The number of phenols is 1. The Morgan fingerprint density at radius 3 is 2.74 bits per heavy atom. The van der Waals surface area contributed by atoms with Crippen LogP contribution in [-0.4, -0.2) is 42.7 Å². The van der Waals surface area contributed by atoms with E-state index < -0.39 is 0 Å². The van der Waals surface area contributed by atoms with Crippen molar-refractivity contribution in [2.45, 2.75) is 19.8 Å². The molecule has 1 aromatic rings. The van der Waals surface area contributed by atoms with E-state index in [-0.39, 0.29) is 11.7 Å². The van der Waals surface area contributed by atoms with Crippen molar-refractivity contribution in [3.63, 3.8) is 0 Å². The molecule has 1 amide bonds. The van der Waals surface area contributed by atoms with Gasteiger partial charge in [-0.15, -0.1) is 0 Å². The minimum Gasteiger partial charge on any atom is -0.507 e. The van der Waals surface area contributed by atoms with Crippen LogP contribution < -0.4 is 0 Å². The molecule has 0 atom stereocenters. The van der Waals surface area contributed by atoms with Crippen molar-refractivity contribution in [3.8, 4) is 5.75 Å². The number of benzene rings is 1. The van der Waals surface area contributed by atoms with Gasteiger partial charge in [-0.25, -0.2) is 0 Å². The number of amides is 1. The van der Waals surface area contributed by atoms with Crippen LogP contribution in [0.2, 0.25) is 0 Å². The summed E-state index contributed by atoms with van der Waals surface area (Å²) in [5.74, 6) is 0.433. The SMILES string of the molecule is Cc1ccc(C(=O)N(C)CC2CCOCC2)c(O)c1. The summed E-state index contributed by atoms with van der Waals surface area (Å²) >= 11 is 0. The normalized spacial score (nSPS) is 16.3. The van der Waals surface area contributed by atoms with Gasteiger partial charge in [0.2, 0.25) is 0 Å². The summed E-state index contributed by atoms with van der Waals surface area (Å²) in [5.41, 5.74) is 1.32. The van der Waals surface area contributed by atoms with E-state index in [0.29, 0.717) is 11.5 Å². The lowest BCUT2D eigenvalue weighted by atomic mass is 9.99. The average molecular weight is 263 g/mol. The van der Waals surface area contributed by atoms with Gasteiger partial charge in [0.15, 0.2) is 0 Å². The third kappa shape index (κ3) is 3.47. The highest BCUT2D eigenvalue weighted by molar-refractivity contribution is 5.96. The van der Waals surface area contributed by atoms with E-state index >= 15 is 0 Å². The molecule has 1 fully saturated rings. The zero-order valence-electron chi connectivity index (χ0n) is 11.6. The molecule has 0 unspecified atom stereocenters. The molecule has 0 bridgehead atoms. The summed E-state index contributed by atoms with van der Waals surface area (Å²) < 4.78 is 5.32. The number of aromatic hydroxyl groups is 1. The highest BCUT2D eigenvalue weighted by Crippen LogP contribution is 2.21. The Bertz CT molecular complexity index is 453. The highest BCUT2D eigenvalue weighted by atomic mass is 16.5. The molecule has 4 heteroatoms. The number of ether oxygens (including phenoxy) is 1. The molecule has 1 saturated heterocycles. The molecule has 4 nitrogen and oxygen atoms in total. The van der Waals surface area contributed by atoms with Crippen molar-refractivity contribution in [2.75, 3.05) is 26.8 Å². The first-order valence-electron chi connectivity index (χ1n) is 6.70. The summed E-state index contributed by atoms with van der Waals surface area (Å²) in [6, 6.07) is 5.15. The van der Waals surface area contributed by atoms with Crippen LogP contribution >= 0.6 is 0 Å². The van der Waals surface area contributed by atoms with Crippen molar-refractivity contribution in [1.82, 2.24) is 4.90 Å². The number of hydrogen-bond donors (Lipinski definition) is 1. The Balaban J connectivity index is 2.01. The van der Waals surface area contributed by atoms with Gasteiger partial charge in [0.05, 0.1) is 5.56 Å². The van der Waals surface area contributed by atoms with Crippen LogP contribution in [0.5, 0.6) is 5.75 Å². The van der Waals surface area contributed by atoms with E-state index in [1.165, 1.54) is 0 Å². The first-order chi connectivity index (χ1) is 9.08. The average Bonchev–Trinajstić information content (AvgIpc) is 2.39. The Hall–Kier alpha value is -1.55. The molecule has 0 aliphatic carbocycles. The molecule has 19 heavy (non-hydrogen) atoms. The number of aryl methyl sites for hydroxylation is 1. The van der Waals surface area contributed by atoms with Crippen LogP contribution in [0.4, 0.5) is 0 Å². The maximum Gasteiger partial charge on any atom is 0.257 e. The first kappa shape index (κ1) is 13.9. The monoisotopic (exact) mass is 263 g/mol. The largest absolute Gasteiger partial charge is 0.507 e. The second-order valence-corrected chi connectivity index (χ2v) is 5.26. The van der Waals surface area contributed by atoms with Crippen molar-refractivity contribution in [2.24, 2.45) is 5.92 Å². The van der Waals surface area contributed by atoms with E-state index in [0.717, 1.165) is 38.2 Å². The third-order valence-corrected chi connectivity index (χ3v) is 3.60. The lowest BCUT2D eigenvalue weighted by molar-refractivity contribution is 0.0496. The van der Waals surface area contributed by atoms with Crippen LogP contribution in [0, 0.1) is 12.8 Å². The Labute approximate surface area is 114 Å². The van der Waals surface area contributed by atoms with Crippen molar-refractivity contribution >= 4 is 5.91 Å². The fourth-order valence-corrected chi connectivity index (χ4v) is 2.43. The number of phenolic OH excluding ortho intramolecular Hbond substituents is 1. The number of rotatable bonds is 3. The second kappa shape index (κ2) is 6.06. The molecule has 0 radical (unpaired) electrons. The van der Waals surface area contributed by atoms with Crippen LogP contribution in [0.3, 0.4) is 0 Å². The maximum absolute atomic E-state index is 12.3. The maximum atomic E-state index is 12.3. The molecule has 1 aliphatic heterocycles. The summed E-state index contributed by atoms with van der Waals surface area (Å²) in [4.78, 5) is 14.0. The predicted molar refractivity (Wildman–Crippen MR) is 73.3 cm³/mol. The summed E-state index contributed by atoms with van der Waals surface area (Å²) in [6.07, 6.45) is 2.00.